The first-order valence-electron chi connectivity index (χ1n) is 6.92. The van der Waals surface area contributed by atoms with Gasteiger partial charge in [-0.25, -0.2) is 0 Å². The van der Waals surface area contributed by atoms with Crippen LogP contribution in [0.1, 0.15) is 18.4 Å². The van der Waals surface area contributed by atoms with Crippen molar-refractivity contribution in [2.75, 3.05) is 26.7 Å². The van der Waals surface area contributed by atoms with E-state index in [1.165, 1.54) is 5.56 Å². The average molecular weight is 261 g/mol. The van der Waals surface area contributed by atoms with Gasteiger partial charge in [-0.1, -0.05) is 30.3 Å². The Bertz CT molecular complexity index is 399. The van der Waals surface area contributed by atoms with E-state index in [1.54, 1.807) is 0 Å². The van der Waals surface area contributed by atoms with Gasteiger partial charge in [-0.15, -0.1) is 0 Å². The largest absolute Gasteiger partial charge is 0.341 e. The quantitative estimate of drug-likeness (QED) is 0.882. The van der Waals surface area contributed by atoms with E-state index >= 15 is 0 Å². The summed E-state index contributed by atoms with van der Waals surface area (Å²) >= 11 is 0. The number of nitrogens with zero attached hydrogens (tertiary/aromatic N) is 2. The molecule has 0 saturated carbocycles. The summed E-state index contributed by atoms with van der Waals surface area (Å²) in [5.74, 6) is 0.0733. The summed E-state index contributed by atoms with van der Waals surface area (Å²) in [6, 6.07) is 11.1. The lowest BCUT2D eigenvalue weighted by Gasteiger charge is -2.36. The van der Waals surface area contributed by atoms with Gasteiger partial charge in [-0.05, 0) is 25.5 Å². The Labute approximate surface area is 115 Å². The summed E-state index contributed by atoms with van der Waals surface area (Å²) < 4.78 is 0. The molecule has 0 bridgehead atoms. The van der Waals surface area contributed by atoms with Crippen LogP contribution in [-0.2, 0) is 11.3 Å². The van der Waals surface area contributed by atoms with Crippen molar-refractivity contribution >= 4 is 5.91 Å². The van der Waals surface area contributed by atoms with Gasteiger partial charge < -0.3 is 10.6 Å². The fourth-order valence-electron chi connectivity index (χ4n) is 2.69. The zero-order valence-corrected chi connectivity index (χ0v) is 11.6. The van der Waals surface area contributed by atoms with Crippen molar-refractivity contribution in [1.82, 2.24) is 9.80 Å². The molecule has 4 heteroatoms. The number of piperidine rings is 1. The zero-order valence-electron chi connectivity index (χ0n) is 11.6. The van der Waals surface area contributed by atoms with Gasteiger partial charge in [0.25, 0.3) is 0 Å². The van der Waals surface area contributed by atoms with Gasteiger partial charge in [0.05, 0.1) is 6.54 Å². The molecule has 1 amide bonds. The van der Waals surface area contributed by atoms with Crippen molar-refractivity contribution in [1.29, 1.82) is 0 Å². The summed E-state index contributed by atoms with van der Waals surface area (Å²) in [6.07, 6.45) is 2.07. The molecule has 2 rings (SSSR count). The van der Waals surface area contributed by atoms with Crippen LogP contribution in [0.4, 0.5) is 0 Å². The number of likely N-dealkylation sites (tertiary alicyclic amines) is 1. The van der Waals surface area contributed by atoms with Gasteiger partial charge >= 0.3 is 0 Å². The second-order valence-electron chi connectivity index (χ2n) is 5.22. The predicted octanol–water partition coefficient (Wildman–Crippen LogP) is 1.07. The highest BCUT2D eigenvalue weighted by Crippen LogP contribution is 2.17. The summed E-state index contributed by atoms with van der Waals surface area (Å²) in [5, 5.41) is 0. The Morgan fingerprint density at radius 2 is 1.95 bits per heavy atom. The monoisotopic (exact) mass is 261 g/mol. The van der Waals surface area contributed by atoms with Crippen LogP contribution in [-0.4, -0.2) is 48.4 Å². The van der Waals surface area contributed by atoms with Gasteiger partial charge in [-0.2, -0.15) is 0 Å². The SMILES string of the molecule is CN(Cc1ccccc1)C1CCN(C(=O)CN)CC1. The molecule has 0 spiro atoms. The van der Waals surface area contributed by atoms with E-state index in [0.717, 1.165) is 32.5 Å². The lowest BCUT2D eigenvalue weighted by Crippen LogP contribution is -2.47. The second-order valence-corrected chi connectivity index (χ2v) is 5.22. The van der Waals surface area contributed by atoms with Crippen LogP contribution >= 0.6 is 0 Å². The maximum absolute atomic E-state index is 11.5. The van der Waals surface area contributed by atoms with E-state index in [0.29, 0.717) is 6.04 Å². The van der Waals surface area contributed by atoms with Crippen LogP contribution in [0.2, 0.25) is 0 Å². The maximum Gasteiger partial charge on any atom is 0.236 e. The van der Waals surface area contributed by atoms with Crippen LogP contribution in [0.25, 0.3) is 0 Å². The lowest BCUT2D eigenvalue weighted by molar-refractivity contribution is -0.131. The Morgan fingerprint density at radius 1 is 1.32 bits per heavy atom. The standard InChI is InChI=1S/C15H23N3O/c1-17(12-13-5-3-2-4-6-13)14-7-9-18(10-8-14)15(19)11-16/h2-6,14H,7-12,16H2,1H3. The number of nitrogens with two attached hydrogens (primary N) is 1. The minimum absolute atomic E-state index is 0.0733. The zero-order chi connectivity index (χ0) is 13.7. The van der Waals surface area contributed by atoms with Gasteiger partial charge in [0, 0.05) is 25.7 Å². The molecule has 0 atom stereocenters. The van der Waals surface area contributed by atoms with Crippen molar-refractivity contribution in [3.63, 3.8) is 0 Å². The minimum Gasteiger partial charge on any atom is -0.341 e. The average Bonchev–Trinajstić information content (AvgIpc) is 2.47. The van der Waals surface area contributed by atoms with Crippen molar-refractivity contribution in [2.45, 2.75) is 25.4 Å². The van der Waals surface area contributed by atoms with Crippen LogP contribution in [0.5, 0.6) is 0 Å². The van der Waals surface area contributed by atoms with Crippen molar-refractivity contribution in [2.24, 2.45) is 5.73 Å². The third kappa shape index (κ3) is 3.78. The molecule has 1 aromatic rings. The van der Waals surface area contributed by atoms with Gasteiger partial charge in [-0.3, -0.25) is 9.69 Å². The Hall–Kier alpha value is -1.39. The maximum atomic E-state index is 11.5. The molecule has 0 unspecified atom stereocenters. The molecule has 19 heavy (non-hydrogen) atoms. The topological polar surface area (TPSA) is 49.6 Å². The van der Waals surface area contributed by atoms with E-state index in [4.69, 9.17) is 5.73 Å². The summed E-state index contributed by atoms with van der Waals surface area (Å²) in [4.78, 5) is 15.8. The molecule has 1 saturated heterocycles. The molecule has 0 radical (unpaired) electrons. The van der Waals surface area contributed by atoms with E-state index in [1.807, 2.05) is 11.0 Å². The molecule has 1 aliphatic heterocycles. The van der Waals surface area contributed by atoms with Crippen molar-refractivity contribution in [3.8, 4) is 0 Å². The molecule has 1 fully saturated rings. The highest BCUT2D eigenvalue weighted by molar-refractivity contribution is 5.78. The van der Waals surface area contributed by atoms with E-state index in [-0.39, 0.29) is 12.5 Å². The number of rotatable bonds is 4. The van der Waals surface area contributed by atoms with Gasteiger partial charge in [0.15, 0.2) is 0 Å². The first kappa shape index (κ1) is 14.0. The number of hydrogen-bond donors (Lipinski definition) is 1. The molecule has 1 aliphatic rings. The fourth-order valence-corrected chi connectivity index (χ4v) is 2.69. The van der Waals surface area contributed by atoms with E-state index in [9.17, 15) is 4.79 Å². The molecule has 0 aliphatic carbocycles. The van der Waals surface area contributed by atoms with Gasteiger partial charge in [0.2, 0.25) is 5.91 Å². The van der Waals surface area contributed by atoms with Crippen molar-refractivity contribution < 1.29 is 4.79 Å². The first-order chi connectivity index (χ1) is 9.20. The molecule has 4 nitrogen and oxygen atoms in total. The molecule has 0 aromatic heterocycles. The predicted molar refractivity (Wildman–Crippen MR) is 76.6 cm³/mol. The summed E-state index contributed by atoms with van der Waals surface area (Å²) in [6.45, 7) is 2.76. The Kier molecular flexibility index (Phi) is 4.93. The highest BCUT2D eigenvalue weighted by Gasteiger charge is 2.24. The number of amides is 1. The molecule has 2 N–H and O–H groups in total. The van der Waals surface area contributed by atoms with Crippen LogP contribution in [0, 0.1) is 0 Å². The lowest BCUT2D eigenvalue weighted by atomic mass is 10.0. The normalized spacial score (nSPS) is 16.9. The molecule has 1 aromatic carbocycles. The Balaban J connectivity index is 1.82. The minimum atomic E-state index is 0.0733. The number of benzene rings is 1. The number of hydrogen-bond acceptors (Lipinski definition) is 3. The van der Waals surface area contributed by atoms with Crippen LogP contribution in [0.3, 0.4) is 0 Å². The first-order valence-corrected chi connectivity index (χ1v) is 6.92. The Morgan fingerprint density at radius 3 is 2.53 bits per heavy atom. The third-order valence-electron chi connectivity index (χ3n) is 3.89. The summed E-state index contributed by atoms with van der Waals surface area (Å²) in [7, 11) is 2.16. The van der Waals surface area contributed by atoms with E-state index < -0.39 is 0 Å². The van der Waals surface area contributed by atoms with Gasteiger partial charge in [0.1, 0.15) is 0 Å². The smallest absolute Gasteiger partial charge is 0.236 e. The van der Waals surface area contributed by atoms with Crippen LogP contribution in [0.15, 0.2) is 30.3 Å². The number of carbonyl (C=O) groups is 1. The molecule has 104 valence electrons. The fraction of sp³-hybridized carbons (Fsp3) is 0.533. The molecular weight excluding hydrogens is 238 g/mol. The summed E-state index contributed by atoms with van der Waals surface area (Å²) in [5.41, 5.74) is 6.74. The molecule has 1 heterocycles. The van der Waals surface area contributed by atoms with Crippen molar-refractivity contribution in [3.05, 3.63) is 35.9 Å². The van der Waals surface area contributed by atoms with E-state index in [2.05, 4.69) is 36.2 Å². The van der Waals surface area contributed by atoms with Crippen LogP contribution < -0.4 is 5.73 Å². The molecular formula is C15H23N3O. The third-order valence-corrected chi connectivity index (χ3v) is 3.89. The highest BCUT2D eigenvalue weighted by atomic mass is 16.2. The second kappa shape index (κ2) is 6.68. The number of carbonyl (C=O) groups excluding carboxylic acids is 1.